The molecule has 2 aliphatic carbocycles. The summed E-state index contributed by atoms with van der Waals surface area (Å²) in [6.45, 7) is 9.17. The molecule has 3 rings (SSSR count). The van der Waals surface area contributed by atoms with Crippen molar-refractivity contribution in [3.63, 3.8) is 0 Å². The van der Waals surface area contributed by atoms with Crippen LogP contribution in [0.2, 0.25) is 0 Å². The van der Waals surface area contributed by atoms with Crippen LogP contribution < -0.4 is 0 Å². The quantitative estimate of drug-likeness (QED) is 0.680. The summed E-state index contributed by atoms with van der Waals surface area (Å²) in [4.78, 5) is 14.0. The maximum Gasteiger partial charge on any atom is 0.133 e. The van der Waals surface area contributed by atoms with Gasteiger partial charge in [0.25, 0.3) is 0 Å². The Morgan fingerprint density at radius 2 is 1.80 bits per heavy atom. The SMILES string of the molecule is C[C@H]1C[C@H](C)CN(CCCOC2=CCC(=C3CCC(=O)CC3)C=C2)C1. The van der Waals surface area contributed by atoms with E-state index in [0.29, 0.717) is 5.78 Å². The van der Waals surface area contributed by atoms with E-state index in [1.165, 1.54) is 30.7 Å². The Hall–Kier alpha value is -1.35. The molecule has 0 aromatic heterocycles. The molecule has 1 heterocycles. The highest BCUT2D eigenvalue weighted by molar-refractivity contribution is 5.80. The number of carbonyl (C=O) groups is 1. The zero-order valence-electron chi connectivity index (χ0n) is 15.9. The Morgan fingerprint density at radius 1 is 1.08 bits per heavy atom. The van der Waals surface area contributed by atoms with Gasteiger partial charge in [-0.25, -0.2) is 0 Å². The molecule has 1 aliphatic heterocycles. The zero-order chi connectivity index (χ0) is 17.6. The molecule has 1 saturated carbocycles. The number of allylic oxidation sites excluding steroid dienone is 5. The Balaban J connectivity index is 1.37. The maximum atomic E-state index is 11.4. The van der Waals surface area contributed by atoms with Crippen LogP contribution in [0.4, 0.5) is 0 Å². The lowest BCUT2D eigenvalue weighted by Gasteiger charge is -2.34. The van der Waals surface area contributed by atoms with E-state index in [2.05, 4.69) is 37.0 Å². The van der Waals surface area contributed by atoms with E-state index in [0.717, 1.165) is 69.3 Å². The second kappa shape index (κ2) is 8.84. The number of ether oxygens (including phenoxy) is 1. The minimum absolute atomic E-state index is 0.418. The lowest BCUT2D eigenvalue weighted by Crippen LogP contribution is -2.39. The van der Waals surface area contributed by atoms with Crippen molar-refractivity contribution in [2.75, 3.05) is 26.2 Å². The van der Waals surface area contributed by atoms with E-state index in [9.17, 15) is 4.79 Å². The smallest absolute Gasteiger partial charge is 0.133 e. The van der Waals surface area contributed by atoms with Gasteiger partial charge >= 0.3 is 0 Å². The van der Waals surface area contributed by atoms with Gasteiger partial charge in [-0.1, -0.05) is 25.5 Å². The molecular weight excluding hydrogens is 310 g/mol. The van der Waals surface area contributed by atoms with Crippen LogP contribution in [-0.4, -0.2) is 36.9 Å². The van der Waals surface area contributed by atoms with Crippen molar-refractivity contribution in [1.82, 2.24) is 4.90 Å². The molecule has 0 aromatic carbocycles. The normalized spacial score (nSPS) is 28.2. The Morgan fingerprint density at radius 3 is 2.44 bits per heavy atom. The molecule has 0 bridgehead atoms. The fraction of sp³-hybridized carbons (Fsp3) is 0.682. The number of rotatable bonds is 5. The predicted molar refractivity (Wildman–Crippen MR) is 102 cm³/mol. The topological polar surface area (TPSA) is 29.5 Å². The van der Waals surface area contributed by atoms with E-state index >= 15 is 0 Å². The lowest BCUT2D eigenvalue weighted by molar-refractivity contribution is -0.119. The summed E-state index contributed by atoms with van der Waals surface area (Å²) in [7, 11) is 0. The van der Waals surface area contributed by atoms with Crippen LogP contribution in [0.1, 0.15) is 58.8 Å². The number of ketones is 1. The molecule has 0 N–H and O–H groups in total. The predicted octanol–water partition coefficient (Wildman–Crippen LogP) is 4.65. The van der Waals surface area contributed by atoms with Crippen LogP contribution in [0.5, 0.6) is 0 Å². The summed E-state index contributed by atoms with van der Waals surface area (Å²) in [6, 6.07) is 0. The van der Waals surface area contributed by atoms with Crippen LogP contribution in [-0.2, 0) is 9.53 Å². The highest BCUT2D eigenvalue weighted by Crippen LogP contribution is 2.29. The van der Waals surface area contributed by atoms with Crippen molar-refractivity contribution in [2.24, 2.45) is 11.8 Å². The number of nitrogens with zero attached hydrogens (tertiary/aromatic N) is 1. The molecule has 0 aromatic rings. The molecule has 2 atom stereocenters. The molecule has 3 nitrogen and oxygen atoms in total. The summed E-state index contributed by atoms with van der Waals surface area (Å²) in [6.07, 6.45) is 13.3. The summed E-state index contributed by atoms with van der Waals surface area (Å²) in [5.74, 6) is 3.09. The summed E-state index contributed by atoms with van der Waals surface area (Å²) in [5.41, 5.74) is 2.87. The van der Waals surface area contributed by atoms with Crippen molar-refractivity contribution in [3.05, 3.63) is 35.1 Å². The van der Waals surface area contributed by atoms with Crippen LogP contribution in [0.25, 0.3) is 0 Å². The van der Waals surface area contributed by atoms with Gasteiger partial charge in [0.05, 0.1) is 6.61 Å². The molecule has 25 heavy (non-hydrogen) atoms. The Kier molecular flexibility index (Phi) is 6.52. The van der Waals surface area contributed by atoms with Crippen molar-refractivity contribution >= 4 is 5.78 Å². The number of hydrogen-bond donors (Lipinski definition) is 0. The van der Waals surface area contributed by atoms with Gasteiger partial charge in [-0.2, -0.15) is 0 Å². The first-order valence-corrected chi connectivity index (χ1v) is 10.1. The van der Waals surface area contributed by atoms with Gasteiger partial charge < -0.3 is 9.64 Å². The van der Waals surface area contributed by atoms with Gasteiger partial charge in [0.15, 0.2) is 0 Å². The fourth-order valence-electron chi connectivity index (χ4n) is 4.50. The first-order valence-electron chi connectivity index (χ1n) is 10.1. The third-order valence-corrected chi connectivity index (χ3v) is 5.67. The van der Waals surface area contributed by atoms with Gasteiger partial charge in [0.1, 0.15) is 11.5 Å². The van der Waals surface area contributed by atoms with E-state index in [4.69, 9.17) is 4.74 Å². The highest BCUT2D eigenvalue weighted by atomic mass is 16.5. The van der Waals surface area contributed by atoms with Gasteiger partial charge in [-0.15, -0.1) is 0 Å². The van der Waals surface area contributed by atoms with Crippen LogP contribution in [0.3, 0.4) is 0 Å². The fourth-order valence-corrected chi connectivity index (χ4v) is 4.50. The first-order chi connectivity index (χ1) is 12.1. The number of hydrogen-bond acceptors (Lipinski definition) is 3. The van der Waals surface area contributed by atoms with E-state index in [-0.39, 0.29) is 0 Å². The molecular formula is C22H33NO2. The minimum Gasteiger partial charge on any atom is -0.494 e. The third-order valence-electron chi connectivity index (χ3n) is 5.67. The molecule has 1 saturated heterocycles. The highest BCUT2D eigenvalue weighted by Gasteiger charge is 2.21. The molecule has 0 unspecified atom stereocenters. The second-order valence-electron chi connectivity index (χ2n) is 8.22. The first kappa shape index (κ1) is 18.4. The van der Waals surface area contributed by atoms with Crippen molar-refractivity contribution < 1.29 is 9.53 Å². The average molecular weight is 344 g/mol. The lowest BCUT2D eigenvalue weighted by atomic mass is 9.88. The largest absolute Gasteiger partial charge is 0.494 e. The molecule has 0 amide bonds. The van der Waals surface area contributed by atoms with Gasteiger partial charge in [0.2, 0.25) is 0 Å². The van der Waals surface area contributed by atoms with Crippen molar-refractivity contribution in [2.45, 2.75) is 58.8 Å². The van der Waals surface area contributed by atoms with Crippen LogP contribution in [0, 0.1) is 11.8 Å². The summed E-state index contributed by atoms with van der Waals surface area (Å²) < 4.78 is 5.95. The van der Waals surface area contributed by atoms with E-state index < -0.39 is 0 Å². The van der Waals surface area contributed by atoms with Crippen LogP contribution >= 0.6 is 0 Å². The molecule has 138 valence electrons. The standard InChI is InChI=1S/C22H33NO2/c1-17-14-18(2)16-23(15-17)12-3-13-25-22-10-6-20(7-11-22)19-4-8-21(24)9-5-19/h6,10-11,17-18H,3-5,7-9,12-16H2,1-2H3/t17-,18-/m0/s1. The average Bonchev–Trinajstić information content (AvgIpc) is 2.59. The van der Waals surface area contributed by atoms with Gasteiger partial charge in [0, 0.05) is 32.5 Å². The van der Waals surface area contributed by atoms with Gasteiger partial charge in [-0.05, 0) is 61.7 Å². The number of piperidine rings is 1. The number of Topliss-reactive ketones (excluding diaryl/α,β-unsaturated/α-hetero) is 1. The van der Waals surface area contributed by atoms with E-state index in [1.54, 1.807) is 0 Å². The molecule has 0 radical (unpaired) electrons. The van der Waals surface area contributed by atoms with Crippen molar-refractivity contribution in [3.8, 4) is 0 Å². The molecule has 2 fully saturated rings. The minimum atomic E-state index is 0.418. The summed E-state index contributed by atoms with van der Waals surface area (Å²) in [5, 5.41) is 0. The molecule has 0 spiro atoms. The third kappa shape index (κ3) is 5.57. The Bertz CT molecular complexity index is 551. The second-order valence-corrected chi connectivity index (χ2v) is 8.22. The maximum absolute atomic E-state index is 11.4. The zero-order valence-corrected chi connectivity index (χ0v) is 15.9. The van der Waals surface area contributed by atoms with E-state index in [1.807, 2.05) is 0 Å². The monoisotopic (exact) mass is 343 g/mol. The van der Waals surface area contributed by atoms with Crippen LogP contribution in [0.15, 0.2) is 35.1 Å². The summed E-state index contributed by atoms with van der Waals surface area (Å²) >= 11 is 0. The Labute approximate surface area is 152 Å². The van der Waals surface area contributed by atoms with Crippen molar-refractivity contribution in [1.29, 1.82) is 0 Å². The number of carbonyl (C=O) groups excluding carboxylic acids is 1. The molecule has 3 heteroatoms. The molecule has 3 aliphatic rings. The van der Waals surface area contributed by atoms with Gasteiger partial charge in [-0.3, -0.25) is 4.79 Å². The number of likely N-dealkylation sites (tertiary alicyclic amines) is 1.